The van der Waals surface area contributed by atoms with Crippen LogP contribution in [0.1, 0.15) is 22.4 Å². The van der Waals surface area contributed by atoms with E-state index in [0.717, 1.165) is 15.4 Å². The van der Waals surface area contributed by atoms with Gasteiger partial charge in [0.15, 0.2) is 5.69 Å². The fraction of sp³-hybridized carbons (Fsp3) is 0.231. The van der Waals surface area contributed by atoms with Gasteiger partial charge in [-0.15, -0.1) is 11.3 Å². The average Bonchev–Trinajstić information content (AvgIpc) is 2.75. The summed E-state index contributed by atoms with van der Waals surface area (Å²) in [6.07, 6.45) is 0. The molecule has 0 aliphatic carbocycles. The third-order valence-corrected chi connectivity index (χ3v) is 3.81. The summed E-state index contributed by atoms with van der Waals surface area (Å²) in [5.74, 6) is -0.421. The predicted molar refractivity (Wildman–Crippen MR) is 77.7 cm³/mol. The number of carbonyl (C=O) groups is 1. The Morgan fingerprint density at radius 1 is 1.53 bits per heavy atom. The number of hydrogen-bond donors (Lipinski definition) is 1. The minimum absolute atomic E-state index is 0.317. The van der Waals surface area contributed by atoms with E-state index in [1.54, 1.807) is 19.1 Å². The molecule has 0 aliphatic rings. The van der Waals surface area contributed by atoms with Crippen molar-refractivity contribution in [3.05, 3.63) is 33.9 Å². The predicted octanol–water partition coefficient (Wildman–Crippen LogP) is 3.53. The molecule has 1 aromatic carbocycles. The number of aromatic nitrogens is 1. The van der Waals surface area contributed by atoms with Gasteiger partial charge in [0.1, 0.15) is 0 Å². The number of nitrogens with two attached hydrogens (primary N) is 1. The second-order valence-electron chi connectivity index (χ2n) is 3.87. The Bertz CT molecular complexity index is 625. The van der Waals surface area contributed by atoms with Gasteiger partial charge >= 0.3 is 5.97 Å². The van der Waals surface area contributed by atoms with Crippen LogP contribution in [-0.2, 0) is 4.74 Å². The van der Waals surface area contributed by atoms with Gasteiger partial charge in [0.25, 0.3) is 0 Å². The Balaban J connectivity index is 2.49. The summed E-state index contributed by atoms with van der Waals surface area (Å²) in [5, 5.41) is 1.25. The molecule has 6 heteroatoms. The van der Waals surface area contributed by atoms with E-state index < -0.39 is 5.97 Å². The molecule has 2 rings (SSSR count). The maximum atomic E-state index is 11.9. The lowest BCUT2D eigenvalue weighted by Crippen LogP contribution is -2.06. The lowest BCUT2D eigenvalue weighted by atomic mass is 10.1. The van der Waals surface area contributed by atoms with Crippen molar-refractivity contribution in [1.82, 2.24) is 4.98 Å². The second kappa shape index (κ2) is 5.59. The van der Waals surface area contributed by atoms with Gasteiger partial charge in [-0.2, -0.15) is 0 Å². The lowest BCUT2D eigenvalue weighted by molar-refractivity contribution is 0.0521. The quantitative estimate of drug-likeness (QED) is 0.695. The molecule has 0 fully saturated rings. The van der Waals surface area contributed by atoms with Crippen molar-refractivity contribution in [2.75, 3.05) is 12.3 Å². The summed E-state index contributed by atoms with van der Waals surface area (Å²) in [5.41, 5.74) is 7.32. The highest BCUT2D eigenvalue weighted by Gasteiger charge is 2.19. The molecule has 0 unspecified atom stereocenters. The number of hydrogen-bond acceptors (Lipinski definition) is 5. The maximum absolute atomic E-state index is 11.9. The number of thiazole rings is 1. The SMILES string of the molecule is CCOC(=O)c1nc(C)sc1-c1ccc(N)c(Cl)c1. The highest BCUT2D eigenvalue weighted by atomic mass is 35.5. The van der Waals surface area contributed by atoms with Crippen molar-refractivity contribution < 1.29 is 9.53 Å². The van der Waals surface area contributed by atoms with E-state index in [2.05, 4.69) is 4.98 Å². The van der Waals surface area contributed by atoms with Crippen LogP contribution >= 0.6 is 22.9 Å². The summed E-state index contributed by atoms with van der Waals surface area (Å²) in [4.78, 5) is 16.8. The number of halogens is 1. The van der Waals surface area contributed by atoms with Crippen molar-refractivity contribution in [2.24, 2.45) is 0 Å². The fourth-order valence-corrected chi connectivity index (χ4v) is 2.71. The van der Waals surface area contributed by atoms with Gasteiger partial charge in [-0.05, 0) is 31.5 Å². The van der Waals surface area contributed by atoms with Crippen molar-refractivity contribution in [2.45, 2.75) is 13.8 Å². The molecule has 2 aromatic rings. The fourth-order valence-electron chi connectivity index (χ4n) is 1.63. The maximum Gasteiger partial charge on any atom is 0.358 e. The molecule has 0 radical (unpaired) electrons. The normalized spacial score (nSPS) is 10.5. The van der Waals surface area contributed by atoms with Crippen LogP contribution in [-0.4, -0.2) is 17.6 Å². The van der Waals surface area contributed by atoms with Crippen LogP contribution in [0.25, 0.3) is 10.4 Å². The molecule has 100 valence electrons. The molecule has 0 amide bonds. The minimum Gasteiger partial charge on any atom is -0.461 e. The first-order valence-electron chi connectivity index (χ1n) is 5.73. The summed E-state index contributed by atoms with van der Waals surface area (Å²) in [6, 6.07) is 5.26. The minimum atomic E-state index is -0.421. The number of ether oxygens (including phenoxy) is 1. The third kappa shape index (κ3) is 2.88. The summed E-state index contributed by atoms with van der Waals surface area (Å²) >= 11 is 7.43. The van der Waals surface area contributed by atoms with E-state index in [-0.39, 0.29) is 0 Å². The highest BCUT2D eigenvalue weighted by molar-refractivity contribution is 7.15. The number of aryl methyl sites for hydroxylation is 1. The van der Waals surface area contributed by atoms with Gasteiger partial charge in [0, 0.05) is 0 Å². The zero-order valence-electron chi connectivity index (χ0n) is 10.6. The van der Waals surface area contributed by atoms with Crippen LogP contribution in [0, 0.1) is 6.92 Å². The zero-order chi connectivity index (χ0) is 14.0. The van der Waals surface area contributed by atoms with E-state index >= 15 is 0 Å². The molecule has 0 saturated carbocycles. The number of nitrogens with zero attached hydrogens (tertiary/aromatic N) is 1. The van der Waals surface area contributed by atoms with Gasteiger partial charge in [0.05, 0.1) is 27.2 Å². The smallest absolute Gasteiger partial charge is 0.358 e. The Hall–Kier alpha value is -1.59. The van der Waals surface area contributed by atoms with Crippen LogP contribution in [0.3, 0.4) is 0 Å². The molecule has 0 spiro atoms. The average molecular weight is 297 g/mol. The molecular formula is C13H13ClN2O2S. The molecule has 0 saturated heterocycles. The second-order valence-corrected chi connectivity index (χ2v) is 5.48. The number of nitrogen functional groups attached to an aromatic ring is 1. The van der Waals surface area contributed by atoms with Crippen molar-refractivity contribution in [1.29, 1.82) is 0 Å². The molecule has 1 heterocycles. The van der Waals surface area contributed by atoms with Gasteiger partial charge in [-0.1, -0.05) is 17.7 Å². The molecule has 19 heavy (non-hydrogen) atoms. The zero-order valence-corrected chi connectivity index (χ0v) is 12.1. The number of esters is 1. The lowest BCUT2D eigenvalue weighted by Gasteiger charge is -2.04. The Labute approximate surface area is 120 Å². The van der Waals surface area contributed by atoms with Gasteiger partial charge in [-0.25, -0.2) is 9.78 Å². The summed E-state index contributed by atoms with van der Waals surface area (Å²) < 4.78 is 5.00. The van der Waals surface area contributed by atoms with Crippen LogP contribution in [0.15, 0.2) is 18.2 Å². The number of benzene rings is 1. The van der Waals surface area contributed by atoms with E-state index in [0.29, 0.717) is 23.0 Å². The first kappa shape index (κ1) is 13.8. The first-order valence-corrected chi connectivity index (χ1v) is 6.92. The topological polar surface area (TPSA) is 65.2 Å². The van der Waals surface area contributed by atoms with Crippen molar-refractivity contribution in [3.8, 4) is 10.4 Å². The Morgan fingerprint density at radius 2 is 2.26 bits per heavy atom. The molecule has 4 nitrogen and oxygen atoms in total. The Kier molecular flexibility index (Phi) is 4.07. The Morgan fingerprint density at radius 3 is 2.89 bits per heavy atom. The molecule has 1 aromatic heterocycles. The van der Waals surface area contributed by atoms with E-state index in [1.807, 2.05) is 13.0 Å². The van der Waals surface area contributed by atoms with Crippen LogP contribution in [0.5, 0.6) is 0 Å². The molecule has 0 bridgehead atoms. The first-order chi connectivity index (χ1) is 9.02. The number of anilines is 1. The third-order valence-electron chi connectivity index (χ3n) is 2.47. The summed E-state index contributed by atoms with van der Waals surface area (Å²) in [6.45, 7) is 3.92. The number of carbonyl (C=O) groups excluding carboxylic acids is 1. The monoisotopic (exact) mass is 296 g/mol. The molecule has 0 aliphatic heterocycles. The largest absolute Gasteiger partial charge is 0.461 e. The van der Waals surface area contributed by atoms with Crippen LogP contribution in [0.2, 0.25) is 5.02 Å². The van der Waals surface area contributed by atoms with E-state index in [4.69, 9.17) is 22.1 Å². The molecule has 0 atom stereocenters. The molecular weight excluding hydrogens is 284 g/mol. The van der Waals surface area contributed by atoms with Crippen molar-refractivity contribution in [3.63, 3.8) is 0 Å². The van der Waals surface area contributed by atoms with Crippen molar-refractivity contribution >= 4 is 34.6 Å². The van der Waals surface area contributed by atoms with Gasteiger partial charge in [-0.3, -0.25) is 0 Å². The van der Waals surface area contributed by atoms with Gasteiger partial charge < -0.3 is 10.5 Å². The van der Waals surface area contributed by atoms with Crippen LogP contribution < -0.4 is 5.73 Å². The number of rotatable bonds is 3. The summed E-state index contributed by atoms with van der Waals surface area (Å²) in [7, 11) is 0. The van der Waals surface area contributed by atoms with Gasteiger partial charge in [0.2, 0.25) is 0 Å². The van der Waals surface area contributed by atoms with E-state index in [1.165, 1.54) is 11.3 Å². The standard InChI is InChI=1S/C13H13ClN2O2S/c1-3-18-13(17)11-12(19-7(2)16-11)8-4-5-10(15)9(14)6-8/h4-6H,3,15H2,1-2H3. The highest BCUT2D eigenvalue weighted by Crippen LogP contribution is 2.33. The van der Waals surface area contributed by atoms with Crippen LogP contribution in [0.4, 0.5) is 5.69 Å². The molecule has 2 N–H and O–H groups in total. The van der Waals surface area contributed by atoms with E-state index in [9.17, 15) is 4.79 Å².